The zero-order chi connectivity index (χ0) is 28.9. The molecular formula is C29H32N5O5PS. The average Bonchev–Trinajstić information content (AvgIpc) is 3.41. The van der Waals surface area contributed by atoms with Crippen molar-refractivity contribution in [1.29, 1.82) is 0 Å². The minimum absolute atomic E-state index is 0.140. The van der Waals surface area contributed by atoms with Gasteiger partial charge in [0.25, 0.3) is 5.56 Å². The number of nitrogens with zero attached hydrogens (tertiary/aromatic N) is 3. The number of phosphoric acid groups is 1. The summed E-state index contributed by atoms with van der Waals surface area (Å²) in [7, 11) is -3.09. The highest BCUT2D eigenvalue weighted by atomic mass is 32.1. The van der Waals surface area contributed by atoms with Crippen molar-refractivity contribution in [2.75, 3.05) is 11.9 Å². The maximum absolute atomic E-state index is 13.0. The molecule has 0 saturated carbocycles. The summed E-state index contributed by atoms with van der Waals surface area (Å²) >= 11 is 1.85. The summed E-state index contributed by atoms with van der Waals surface area (Å²) < 4.78 is 18.4. The molecule has 214 valence electrons. The highest BCUT2D eigenvalue weighted by molar-refractivity contribution is 7.46. The lowest BCUT2D eigenvalue weighted by Crippen LogP contribution is -2.31. The van der Waals surface area contributed by atoms with Gasteiger partial charge in [-0.15, -0.1) is 11.3 Å². The lowest BCUT2D eigenvalue weighted by molar-refractivity contribution is 0.188. The van der Waals surface area contributed by atoms with Crippen LogP contribution in [0.15, 0.2) is 53.8 Å². The minimum atomic E-state index is -4.75. The zero-order valence-electron chi connectivity index (χ0n) is 23.0. The van der Waals surface area contributed by atoms with Gasteiger partial charge in [0.15, 0.2) is 0 Å². The number of hydrogen-bond acceptors (Lipinski definition) is 8. The number of aromatic nitrogens is 3. The first-order valence-electron chi connectivity index (χ1n) is 13.4. The van der Waals surface area contributed by atoms with Gasteiger partial charge in [0.1, 0.15) is 17.8 Å². The number of thiophene rings is 1. The van der Waals surface area contributed by atoms with E-state index in [0.29, 0.717) is 22.6 Å². The fraction of sp³-hybridized carbons (Fsp3) is 0.345. The molecule has 0 spiro atoms. The normalized spacial score (nSPS) is 17.7. The second-order valence-electron chi connectivity index (χ2n) is 11.4. The molecule has 1 atom stereocenters. The van der Waals surface area contributed by atoms with Crippen LogP contribution in [-0.4, -0.2) is 30.9 Å². The molecule has 0 saturated heterocycles. The van der Waals surface area contributed by atoms with Crippen LogP contribution in [0.5, 0.6) is 0 Å². The fourth-order valence-electron chi connectivity index (χ4n) is 6.00. The van der Waals surface area contributed by atoms with Crippen LogP contribution in [0.25, 0.3) is 11.1 Å². The molecule has 2 aliphatic rings. The fourth-order valence-corrected chi connectivity index (χ4v) is 8.02. The van der Waals surface area contributed by atoms with Gasteiger partial charge in [-0.2, -0.15) is 0 Å². The Labute approximate surface area is 241 Å². The Bertz CT molecular complexity index is 1730. The van der Waals surface area contributed by atoms with Crippen LogP contribution in [0.4, 0.5) is 11.5 Å². The van der Waals surface area contributed by atoms with E-state index in [1.54, 1.807) is 31.6 Å². The number of benzene rings is 1. The van der Waals surface area contributed by atoms with Gasteiger partial charge >= 0.3 is 7.82 Å². The molecule has 4 heterocycles. The number of aryl methyl sites for hydroxylation is 1. The van der Waals surface area contributed by atoms with E-state index in [0.717, 1.165) is 36.9 Å². The van der Waals surface area contributed by atoms with Crippen LogP contribution < -0.4 is 16.2 Å². The number of rotatable bonds is 7. The van der Waals surface area contributed by atoms with E-state index >= 15 is 0 Å². The van der Waals surface area contributed by atoms with Crippen molar-refractivity contribution >= 4 is 30.7 Å². The van der Waals surface area contributed by atoms with Crippen LogP contribution in [0.2, 0.25) is 0 Å². The van der Waals surface area contributed by atoms with E-state index in [4.69, 9.17) is 4.52 Å². The van der Waals surface area contributed by atoms with E-state index < -0.39 is 7.82 Å². The number of nitrogens with one attached hydrogen (secondary N) is 2. The molecule has 4 N–H and O–H groups in total. The first-order chi connectivity index (χ1) is 19.5. The van der Waals surface area contributed by atoms with Crippen molar-refractivity contribution in [2.24, 2.45) is 12.5 Å². The maximum atomic E-state index is 13.0. The van der Waals surface area contributed by atoms with E-state index in [2.05, 4.69) is 34.4 Å². The number of hydrogen-bond donors (Lipinski definition) is 4. The summed E-state index contributed by atoms with van der Waals surface area (Å²) in [5.41, 5.74) is 6.18. The molecule has 6 rings (SSSR count). The molecule has 0 amide bonds. The van der Waals surface area contributed by atoms with Gasteiger partial charge in [0, 0.05) is 41.3 Å². The van der Waals surface area contributed by atoms with Gasteiger partial charge in [0.2, 0.25) is 0 Å². The van der Waals surface area contributed by atoms with E-state index in [1.807, 2.05) is 29.5 Å². The largest absolute Gasteiger partial charge is 0.469 e. The first-order valence-corrected chi connectivity index (χ1v) is 15.8. The maximum Gasteiger partial charge on any atom is 0.469 e. The highest BCUT2D eigenvalue weighted by Gasteiger charge is 2.37. The number of anilines is 2. The lowest BCUT2D eigenvalue weighted by Gasteiger charge is -2.29. The molecule has 0 radical (unpaired) electrons. The van der Waals surface area contributed by atoms with E-state index in [9.17, 15) is 19.1 Å². The van der Waals surface area contributed by atoms with Crippen LogP contribution >= 0.6 is 19.2 Å². The Morgan fingerprint density at radius 2 is 2.07 bits per heavy atom. The second-order valence-corrected chi connectivity index (χ2v) is 13.8. The SMILES string of the molecule is Cn1cc(-c2cccc(C3NCCc4c3sc3c4CC(C)(C)C3)c2COP(=O)(O)O)cc(Nc2ccncn2)c1=O. The van der Waals surface area contributed by atoms with Crippen LogP contribution in [0, 0.1) is 5.41 Å². The molecule has 41 heavy (non-hydrogen) atoms. The van der Waals surface area contributed by atoms with Gasteiger partial charge in [-0.25, -0.2) is 14.5 Å². The van der Waals surface area contributed by atoms with Gasteiger partial charge in [-0.05, 0) is 64.6 Å². The molecule has 1 aromatic carbocycles. The summed E-state index contributed by atoms with van der Waals surface area (Å²) in [6.07, 6.45) is 7.77. The van der Waals surface area contributed by atoms with Gasteiger partial charge in [0.05, 0.1) is 12.6 Å². The third-order valence-electron chi connectivity index (χ3n) is 7.75. The van der Waals surface area contributed by atoms with Crippen molar-refractivity contribution in [3.63, 3.8) is 0 Å². The topological polar surface area (TPSA) is 139 Å². The molecule has 1 aliphatic heterocycles. The van der Waals surface area contributed by atoms with Crippen molar-refractivity contribution < 1.29 is 18.9 Å². The predicted octanol–water partition coefficient (Wildman–Crippen LogP) is 4.62. The Kier molecular flexibility index (Phi) is 7.22. The van der Waals surface area contributed by atoms with Gasteiger partial charge in [-0.3, -0.25) is 9.32 Å². The monoisotopic (exact) mass is 593 g/mol. The second kappa shape index (κ2) is 10.6. The Morgan fingerprint density at radius 1 is 1.24 bits per heavy atom. The molecule has 1 unspecified atom stereocenters. The molecule has 10 nitrogen and oxygen atoms in total. The quantitative estimate of drug-likeness (QED) is 0.226. The molecule has 0 bridgehead atoms. The third kappa shape index (κ3) is 5.66. The van der Waals surface area contributed by atoms with Gasteiger partial charge in [-0.1, -0.05) is 32.0 Å². The number of pyridine rings is 1. The Hall–Kier alpha value is -3.18. The first kappa shape index (κ1) is 28.0. The molecule has 3 aromatic heterocycles. The van der Waals surface area contributed by atoms with Crippen LogP contribution in [0.3, 0.4) is 0 Å². The average molecular weight is 594 g/mol. The van der Waals surface area contributed by atoms with Crippen molar-refractivity contribution in [3.8, 4) is 11.1 Å². The smallest absolute Gasteiger partial charge is 0.336 e. The lowest BCUT2D eigenvalue weighted by atomic mass is 9.86. The van der Waals surface area contributed by atoms with E-state index in [1.165, 1.54) is 31.8 Å². The third-order valence-corrected chi connectivity index (χ3v) is 9.56. The summed E-state index contributed by atoms with van der Waals surface area (Å²) in [4.78, 5) is 43.0. The van der Waals surface area contributed by atoms with Crippen molar-refractivity contribution in [2.45, 2.75) is 45.8 Å². The molecule has 1 aliphatic carbocycles. The van der Waals surface area contributed by atoms with Crippen molar-refractivity contribution in [3.05, 3.63) is 91.4 Å². The van der Waals surface area contributed by atoms with Gasteiger partial charge < -0.3 is 25.0 Å². The molecule has 0 fully saturated rings. The predicted molar refractivity (Wildman–Crippen MR) is 158 cm³/mol. The Balaban J connectivity index is 1.47. The molecule has 4 aromatic rings. The molecular weight excluding hydrogens is 561 g/mol. The molecule has 12 heteroatoms. The Morgan fingerprint density at radius 3 is 2.83 bits per heavy atom. The minimum Gasteiger partial charge on any atom is -0.336 e. The highest BCUT2D eigenvalue weighted by Crippen LogP contribution is 2.49. The standard InChI is InChI=1S/C29H32N5O5PS/c1-29(2)12-21-20-7-10-31-26(27(20)41-24(21)13-29)19-6-4-5-18(22(19)15-39-40(36,37)38)17-11-23(28(35)34(3)14-17)33-25-8-9-30-16-32-25/h4-6,8-9,11,14,16,26,31H,7,10,12-13,15H2,1-3H3,(H,30,32,33)(H2,36,37,38). The van der Waals surface area contributed by atoms with E-state index in [-0.39, 0.29) is 23.6 Å². The number of fused-ring (bicyclic) bond motifs is 3. The summed E-state index contributed by atoms with van der Waals surface area (Å²) in [5, 5.41) is 6.73. The summed E-state index contributed by atoms with van der Waals surface area (Å²) in [6, 6.07) is 9.07. The van der Waals surface area contributed by atoms with Crippen molar-refractivity contribution in [1.82, 2.24) is 19.9 Å². The number of phosphoric ester groups is 1. The summed E-state index contributed by atoms with van der Waals surface area (Å²) in [6.45, 7) is 5.13. The zero-order valence-corrected chi connectivity index (χ0v) is 24.8. The van der Waals surface area contributed by atoms with Crippen LogP contribution in [-0.2, 0) is 42.0 Å². The summed E-state index contributed by atoms with van der Waals surface area (Å²) in [5.74, 6) is 0.473. The van der Waals surface area contributed by atoms with Crippen LogP contribution in [0.1, 0.15) is 51.9 Å².